The highest BCUT2D eigenvalue weighted by atomic mass is 16.5. The molecule has 0 amide bonds. The Morgan fingerprint density at radius 2 is 2.19 bits per heavy atom. The second-order valence-corrected chi connectivity index (χ2v) is 5.50. The second-order valence-electron chi connectivity index (χ2n) is 5.50. The van der Waals surface area contributed by atoms with E-state index in [-0.39, 0.29) is 5.54 Å². The van der Waals surface area contributed by atoms with Gasteiger partial charge in [-0.2, -0.15) is 0 Å². The number of likely N-dealkylation sites (N-methyl/N-ethyl adjacent to an activating group) is 2. The number of hydrogen-bond donors (Lipinski definition) is 1. The van der Waals surface area contributed by atoms with Crippen LogP contribution in [0.4, 0.5) is 0 Å². The lowest BCUT2D eigenvalue weighted by molar-refractivity contribution is 0.00904. The van der Waals surface area contributed by atoms with Crippen molar-refractivity contribution < 1.29 is 4.74 Å². The van der Waals surface area contributed by atoms with Gasteiger partial charge in [0.2, 0.25) is 0 Å². The van der Waals surface area contributed by atoms with Gasteiger partial charge in [-0.15, -0.1) is 0 Å². The summed E-state index contributed by atoms with van der Waals surface area (Å²) in [6.07, 6.45) is 5.26. The molecule has 3 heteroatoms. The summed E-state index contributed by atoms with van der Waals surface area (Å²) in [5, 5.41) is 3.45. The maximum atomic E-state index is 5.37. The van der Waals surface area contributed by atoms with Crippen LogP contribution in [0.15, 0.2) is 0 Å². The molecule has 3 unspecified atom stereocenters. The van der Waals surface area contributed by atoms with Crippen LogP contribution in [0.25, 0.3) is 0 Å². The normalized spacial score (nSPS) is 33.0. The molecule has 0 saturated heterocycles. The number of rotatable bonds is 5. The molecule has 0 aromatic rings. The van der Waals surface area contributed by atoms with Crippen LogP contribution < -0.4 is 5.32 Å². The summed E-state index contributed by atoms with van der Waals surface area (Å²) in [4.78, 5) is 2.41. The topological polar surface area (TPSA) is 24.5 Å². The lowest BCUT2D eigenvalue weighted by atomic mass is 9.71. The third-order valence-electron chi connectivity index (χ3n) is 4.23. The third kappa shape index (κ3) is 2.76. The minimum Gasteiger partial charge on any atom is -0.383 e. The molecule has 16 heavy (non-hydrogen) atoms. The number of nitrogens with one attached hydrogen (secondary N) is 1. The molecule has 1 aliphatic carbocycles. The Balaban J connectivity index is 2.84. The van der Waals surface area contributed by atoms with E-state index in [1.807, 2.05) is 7.05 Å². The van der Waals surface area contributed by atoms with Gasteiger partial charge in [0, 0.05) is 18.7 Å². The molecule has 0 aromatic carbocycles. The van der Waals surface area contributed by atoms with Gasteiger partial charge >= 0.3 is 0 Å². The third-order valence-corrected chi connectivity index (χ3v) is 4.23. The van der Waals surface area contributed by atoms with Crippen molar-refractivity contribution in [3.8, 4) is 0 Å². The van der Waals surface area contributed by atoms with Crippen LogP contribution in [-0.4, -0.2) is 51.3 Å². The first kappa shape index (κ1) is 13.9. The Labute approximate surface area is 101 Å². The molecular formula is C13H28N2O. The van der Waals surface area contributed by atoms with E-state index in [2.05, 4.69) is 31.2 Å². The van der Waals surface area contributed by atoms with Gasteiger partial charge in [0.05, 0.1) is 6.61 Å². The lowest BCUT2D eigenvalue weighted by Gasteiger charge is -2.50. The van der Waals surface area contributed by atoms with Gasteiger partial charge in [-0.1, -0.05) is 19.8 Å². The van der Waals surface area contributed by atoms with Crippen molar-refractivity contribution in [2.45, 2.75) is 44.2 Å². The molecule has 0 radical (unpaired) electrons. The average molecular weight is 228 g/mol. The molecule has 3 nitrogen and oxygen atoms in total. The molecule has 1 saturated carbocycles. The van der Waals surface area contributed by atoms with E-state index < -0.39 is 0 Å². The zero-order chi connectivity index (χ0) is 12.2. The van der Waals surface area contributed by atoms with Crippen molar-refractivity contribution in [1.29, 1.82) is 0 Å². The summed E-state index contributed by atoms with van der Waals surface area (Å²) in [6, 6.07) is 0.426. The van der Waals surface area contributed by atoms with Gasteiger partial charge in [0.25, 0.3) is 0 Å². The first-order valence-corrected chi connectivity index (χ1v) is 6.40. The Kier molecular flexibility index (Phi) is 5.22. The van der Waals surface area contributed by atoms with Crippen LogP contribution in [0.3, 0.4) is 0 Å². The monoisotopic (exact) mass is 228 g/mol. The van der Waals surface area contributed by atoms with Gasteiger partial charge in [0.1, 0.15) is 0 Å². The van der Waals surface area contributed by atoms with Crippen LogP contribution in [0, 0.1) is 5.92 Å². The minimum absolute atomic E-state index is 0.266. The first-order chi connectivity index (χ1) is 7.56. The Morgan fingerprint density at radius 1 is 1.50 bits per heavy atom. The number of ether oxygens (including phenoxy) is 1. The summed E-state index contributed by atoms with van der Waals surface area (Å²) < 4.78 is 5.37. The fourth-order valence-electron chi connectivity index (χ4n) is 3.27. The molecule has 0 aliphatic heterocycles. The lowest BCUT2D eigenvalue weighted by Crippen LogP contribution is -2.61. The van der Waals surface area contributed by atoms with Crippen LogP contribution in [0.5, 0.6) is 0 Å². The molecule has 1 aliphatic rings. The summed E-state index contributed by atoms with van der Waals surface area (Å²) >= 11 is 0. The Morgan fingerprint density at radius 3 is 2.62 bits per heavy atom. The quantitative estimate of drug-likeness (QED) is 0.775. The molecule has 0 aromatic heterocycles. The van der Waals surface area contributed by atoms with Crippen molar-refractivity contribution in [2.75, 3.05) is 34.9 Å². The number of methoxy groups -OCH3 is 1. The molecule has 96 valence electrons. The van der Waals surface area contributed by atoms with E-state index in [4.69, 9.17) is 4.74 Å². The van der Waals surface area contributed by atoms with E-state index in [1.165, 1.54) is 25.7 Å². The molecule has 1 rings (SSSR count). The van der Waals surface area contributed by atoms with Gasteiger partial charge < -0.3 is 15.0 Å². The van der Waals surface area contributed by atoms with Crippen LogP contribution in [0.1, 0.15) is 32.6 Å². The van der Waals surface area contributed by atoms with Crippen molar-refractivity contribution in [1.82, 2.24) is 10.2 Å². The Bertz CT molecular complexity index is 208. The van der Waals surface area contributed by atoms with E-state index in [1.54, 1.807) is 7.11 Å². The van der Waals surface area contributed by atoms with E-state index in [9.17, 15) is 0 Å². The van der Waals surface area contributed by atoms with Gasteiger partial charge in [0.15, 0.2) is 0 Å². The van der Waals surface area contributed by atoms with Gasteiger partial charge in [-0.05, 0) is 39.9 Å². The molecule has 1 fully saturated rings. The minimum atomic E-state index is 0.266. The predicted octanol–water partition coefficient (Wildman–Crippen LogP) is 1.73. The standard InChI is InChI=1S/C13H28N2O/c1-11-7-6-8-13(9-11,15(3)4)12(14-2)10-16-5/h11-12,14H,6-10H2,1-5H3. The maximum Gasteiger partial charge on any atom is 0.0633 e. The molecular weight excluding hydrogens is 200 g/mol. The fraction of sp³-hybridized carbons (Fsp3) is 1.00. The van der Waals surface area contributed by atoms with Crippen LogP contribution in [0.2, 0.25) is 0 Å². The van der Waals surface area contributed by atoms with E-state index >= 15 is 0 Å². The highest BCUT2D eigenvalue weighted by Gasteiger charge is 2.42. The summed E-state index contributed by atoms with van der Waals surface area (Å²) in [6.45, 7) is 3.17. The zero-order valence-corrected chi connectivity index (χ0v) is 11.5. The first-order valence-electron chi connectivity index (χ1n) is 6.40. The molecule has 0 spiro atoms. The van der Waals surface area contributed by atoms with E-state index in [0.717, 1.165) is 12.5 Å². The van der Waals surface area contributed by atoms with Crippen molar-refractivity contribution in [3.05, 3.63) is 0 Å². The largest absolute Gasteiger partial charge is 0.383 e. The van der Waals surface area contributed by atoms with Crippen LogP contribution >= 0.6 is 0 Å². The molecule has 1 N–H and O–H groups in total. The second kappa shape index (κ2) is 5.99. The van der Waals surface area contributed by atoms with Crippen LogP contribution in [-0.2, 0) is 4.74 Å². The molecule has 0 heterocycles. The highest BCUT2D eigenvalue weighted by molar-refractivity contribution is 5.01. The summed E-state index contributed by atoms with van der Waals surface area (Å²) in [5.74, 6) is 0.823. The SMILES string of the molecule is CNC(COC)C1(N(C)C)CCCC(C)C1. The fourth-order valence-corrected chi connectivity index (χ4v) is 3.27. The predicted molar refractivity (Wildman–Crippen MR) is 68.8 cm³/mol. The molecule has 3 atom stereocenters. The van der Waals surface area contributed by atoms with Crippen molar-refractivity contribution in [2.24, 2.45) is 5.92 Å². The van der Waals surface area contributed by atoms with Gasteiger partial charge in [-0.3, -0.25) is 0 Å². The van der Waals surface area contributed by atoms with Crippen molar-refractivity contribution >= 4 is 0 Å². The van der Waals surface area contributed by atoms with E-state index in [0.29, 0.717) is 6.04 Å². The maximum absolute atomic E-state index is 5.37. The molecule has 0 bridgehead atoms. The number of hydrogen-bond acceptors (Lipinski definition) is 3. The smallest absolute Gasteiger partial charge is 0.0633 e. The summed E-state index contributed by atoms with van der Waals surface area (Å²) in [7, 11) is 8.25. The highest BCUT2D eigenvalue weighted by Crippen LogP contribution is 2.38. The average Bonchev–Trinajstić information content (AvgIpc) is 2.25. The van der Waals surface area contributed by atoms with Crippen molar-refractivity contribution in [3.63, 3.8) is 0 Å². The summed E-state index contributed by atoms with van der Waals surface area (Å²) in [5.41, 5.74) is 0.266. The number of nitrogens with zero attached hydrogens (tertiary/aromatic N) is 1. The zero-order valence-electron chi connectivity index (χ0n) is 11.5. The Hall–Kier alpha value is -0.120. The van der Waals surface area contributed by atoms with Gasteiger partial charge in [-0.25, -0.2) is 0 Å².